The molecule has 2 aromatic carbocycles. The molecule has 0 fully saturated rings. The summed E-state index contributed by atoms with van der Waals surface area (Å²) in [6, 6.07) is 15.4. The van der Waals surface area contributed by atoms with Gasteiger partial charge in [0.2, 0.25) is 0 Å². The number of benzene rings is 2. The van der Waals surface area contributed by atoms with E-state index in [4.69, 9.17) is 4.74 Å². The molecule has 2 aromatic rings. The smallest absolute Gasteiger partial charge is 0.193 e. The first kappa shape index (κ1) is 16.5. The number of ketones is 1. The molecule has 0 saturated heterocycles. The number of hydrogen-bond donors (Lipinski definition) is 0. The van der Waals surface area contributed by atoms with E-state index in [1.54, 1.807) is 0 Å². The van der Waals surface area contributed by atoms with Gasteiger partial charge in [0.15, 0.2) is 5.78 Å². The predicted octanol–water partition coefficient (Wildman–Crippen LogP) is 4.25. The highest BCUT2D eigenvalue weighted by Gasteiger charge is 2.17. The molecule has 0 heterocycles. The van der Waals surface area contributed by atoms with Crippen LogP contribution in [-0.4, -0.2) is 20.0 Å². The van der Waals surface area contributed by atoms with Crippen molar-refractivity contribution in [2.45, 2.75) is 39.6 Å². The second-order valence-electron chi connectivity index (χ2n) is 6.85. The molecule has 0 amide bonds. The summed E-state index contributed by atoms with van der Waals surface area (Å²) in [6.07, 6.45) is 0.135. The second-order valence-corrected chi connectivity index (χ2v) is 11.9. The quantitative estimate of drug-likeness (QED) is 0.609. The number of rotatable bonds is 5. The van der Waals surface area contributed by atoms with E-state index in [1.807, 2.05) is 50.2 Å². The maximum absolute atomic E-state index is 12.5. The van der Waals surface area contributed by atoms with E-state index in [9.17, 15) is 4.79 Å². The van der Waals surface area contributed by atoms with Crippen molar-refractivity contribution in [1.29, 1.82) is 0 Å². The fourth-order valence-corrected chi connectivity index (χ4v) is 3.41. The van der Waals surface area contributed by atoms with Gasteiger partial charge in [-0.15, -0.1) is 0 Å². The van der Waals surface area contributed by atoms with Crippen molar-refractivity contribution in [3.63, 3.8) is 0 Å². The maximum Gasteiger partial charge on any atom is 0.193 e. The van der Waals surface area contributed by atoms with Crippen LogP contribution >= 0.6 is 0 Å². The third-order valence-corrected chi connectivity index (χ3v) is 5.57. The van der Waals surface area contributed by atoms with Gasteiger partial charge >= 0.3 is 0 Å². The van der Waals surface area contributed by atoms with Crippen molar-refractivity contribution in [2.24, 2.45) is 0 Å². The van der Waals surface area contributed by atoms with Gasteiger partial charge in [-0.3, -0.25) is 4.79 Å². The molecule has 3 heteroatoms. The Morgan fingerprint density at radius 3 is 1.73 bits per heavy atom. The topological polar surface area (TPSA) is 26.3 Å². The van der Waals surface area contributed by atoms with E-state index in [2.05, 4.69) is 31.8 Å². The second kappa shape index (κ2) is 6.49. The van der Waals surface area contributed by atoms with Crippen LogP contribution in [-0.2, 0) is 0 Å². The lowest BCUT2D eigenvalue weighted by Crippen LogP contribution is -2.37. The van der Waals surface area contributed by atoms with Gasteiger partial charge < -0.3 is 4.74 Å². The van der Waals surface area contributed by atoms with Crippen LogP contribution in [0.4, 0.5) is 0 Å². The van der Waals surface area contributed by atoms with Gasteiger partial charge in [0, 0.05) is 11.1 Å². The normalized spacial score (nSPS) is 11.5. The molecule has 0 aliphatic carbocycles. The van der Waals surface area contributed by atoms with Crippen LogP contribution in [0.15, 0.2) is 48.5 Å². The Hall–Kier alpha value is -1.87. The summed E-state index contributed by atoms with van der Waals surface area (Å²) in [6.45, 7) is 10.9. The van der Waals surface area contributed by atoms with E-state index < -0.39 is 8.07 Å². The summed E-state index contributed by atoms with van der Waals surface area (Å²) in [4.78, 5) is 12.5. The van der Waals surface area contributed by atoms with Crippen LogP contribution in [0.3, 0.4) is 0 Å². The standard InChI is InChI=1S/C19H24O2Si/c1-14(2)21-17-10-6-15(7-11-17)19(20)16-8-12-18(13-9-16)22(3,4)5/h6-14H,1-5H3. The first-order valence-corrected chi connectivity index (χ1v) is 11.2. The fraction of sp³-hybridized carbons (Fsp3) is 0.316. The highest BCUT2D eigenvalue weighted by molar-refractivity contribution is 6.88. The minimum absolute atomic E-state index is 0.0539. The monoisotopic (exact) mass is 312 g/mol. The van der Waals surface area contributed by atoms with Crippen molar-refractivity contribution in [2.75, 3.05) is 0 Å². The van der Waals surface area contributed by atoms with Gasteiger partial charge in [-0.2, -0.15) is 0 Å². The average Bonchev–Trinajstić information content (AvgIpc) is 2.46. The van der Waals surface area contributed by atoms with Crippen molar-refractivity contribution in [3.05, 3.63) is 59.7 Å². The predicted molar refractivity (Wildman–Crippen MR) is 95.1 cm³/mol. The molecule has 0 aliphatic heterocycles. The van der Waals surface area contributed by atoms with Gasteiger partial charge in [-0.1, -0.05) is 49.1 Å². The van der Waals surface area contributed by atoms with Crippen LogP contribution in [0.2, 0.25) is 19.6 Å². The van der Waals surface area contributed by atoms with Crippen LogP contribution in [0.5, 0.6) is 5.75 Å². The highest BCUT2D eigenvalue weighted by Crippen LogP contribution is 2.16. The molecular formula is C19H24O2Si. The SMILES string of the molecule is CC(C)Oc1ccc(C(=O)c2ccc([Si](C)(C)C)cc2)cc1. The zero-order valence-electron chi connectivity index (χ0n) is 14.0. The van der Waals surface area contributed by atoms with Crippen molar-refractivity contribution in [3.8, 4) is 5.75 Å². The van der Waals surface area contributed by atoms with E-state index >= 15 is 0 Å². The van der Waals surface area contributed by atoms with Crippen molar-refractivity contribution in [1.82, 2.24) is 0 Å². The molecular weight excluding hydrogens is 288 g/mol. The zero-order valence-corrected chi connectivity index (χ0v) is 15.0. The number of ether oxygens (including phenoxy) is 1. The Morgan fingerprint density at radius 1 is 0.864 bits per heavy atom. The van der Waals surface area contributed by atoms with Gasteiger partial charge in [0.1, 0.15) is 5.75 Å². The minimum Gasteiger partial charge on any atom is -0.491 e. The van der Waals surface area contributed by atoms with E-state index in [0.717, 1.165) is 11.3 Å². The largest absolute Gasteiger partial charge is 0.491 e. The molecule has 2 rings (SSSR count). The Balaban J connectivity index is 2.17. The Morgan fingerprint density at radius 2 is 1.32 bits per heavy atom. The number of hydrogen-bond acceptors (Lipinski definition) is 2. The summed E-state index contributed by atoms with van der Waals surface area (Å²) < 4.78 is 5.60. The van der Waals surface area contributed by atoms with E-state index in [0.29, 0.717) is 5.56 Å². The third-order valence-electron chi connectivity index (χ3n) is 3.50. The number of carbonyl (C=O) groups excluding carboxylic acids is 1. The summed E-state index contributed by atoms with van der Waals surface area (Å²) in [5.74, 6) is 0.846. The van der Waals surface area contributed by atoms with E-state index in [1.165, 1.54) is 5.19 Å². The Kier molecular flexibility index (Phi) is 4.86. The Bertz CT molecular complexity index is 635. The lowest BCUT2D eigenvalue weighted by molar-refractivity contribution is 0.103. The van der Waals surface area contributed by atoms with Crippen LogP contribution in [0, 0.1) is 0 Å². The van der Waals surface area contributed by atoms with Crippen molar-refractivity contribution < 1.29 is 9.53 Å². The minimum atomic E-state index is -1.32. The highest BCUT2D eigenvalue weighted by atomic mass is 28.3. The summed E-state index contributed by atoms with van der Waals surface area (Å²) in [7, 11) is -1.32. The zero-order chi connectivity index (χ0) is 16.3. The molecule has 0 bridgehead atoms. The molecule has 0 atom stereocenters. The van der Waals surface area contributed by atoms with Gasteiger partial charge in [-0.05, 0) is 38.1 Å². The van der Waals surface area contributed by atoms with Crippen molar-refractivity contribution >= 4 is 19.0 Å². The first-order chi connectivity index (χ1) is 10.3. The van der Waals surface area contributed by atoms with E-state index in [-0.39, 0.29) is 11.9 Å². The Labute approximate surface area is 134 Å². The first-order valence-electron chi connectivity index (χ1n) is 7.69. The molecule has 0 N–H and O–H groups in total. The van der Waals surface area contributed by atoms with Gasteiger partial charge in [0.25, 0.3) is 0 Å². The van der Waals surface area contributed by atoms with Gasteiger partial charge in [-0.25, -0.2) is 0 Å². The average molecular weight is 312 g/mol. The maximum atomic E-state index is 12.5. The van der Waals surface area contributed by atoms with Crippen LogP contribution in [0.25, 0.3) is 0 Å². The lowest BCUT2D eigenvalue weighted by Gasteiger charge is -2.16. The fourth-order valence-electron chi connectivity index (χ4n) is 2.25. The van der Waals surface area contributed by atoms with Crippen LogP contribution < -0.4 is 9.92 Å². The lowest BCUT2D eigenvalue weighted by atomic mass is 10.0. The molecule has 0 spiro atoms. The van der Waals surface area contributed by atoms with Crippen LogP contribution in [0.1, 0.15) is 29.8 Å². The molecule has 0 aliphatic rings. The molecule has 0 aromatic heterocycles. The molecule has 22 heavy (non-hydrogen) atoms. The summed E-state index contributed by atoms with van der Waals surface area (Å²) >= 11 is 0. The molecule has 116 valence electrons. The summed E-state index contributed by atoms with van der Waals surface area (Å²) in [5.41, 5.74) is 1.43. The van der Waals surface area contributed by atoms with Gasteiger partial charge in [0.05, 0.1) is 14.2 Å². The number of carbonyl (C=O) groups is 1. The summed E-state index contributed by atoms with van der Waals surface area (Å²) in [5, 5.41) is 1.37. The molecule has 0 unspecified atom stereocenters. The third kappa shape index (κ3) is 4.07. The molecule has 0 saturated carbocycles. The molecule has 0 radical (unpaired) electrons. The molecule has 2 nitrogen and oxygen atoms in total.